The third-order valence-corrected chi connectivity index (χ3v) is 2.70. The Morgan fingerprint density at radius 1 is 1.44 bits per heavy atom. The molecule has 0 aliphatic carbocycles. The maximum Gasteiger partial charge on any atom is 0.445 e. The van der Waals surface area contributed by atoms with Crippen LogP contribution in [0, 0.1) is 0 Å². The number of rotatable bonds is 5. The Bertz CT molecular complexity index is 329. The fraction of sp³-hybridized carbons (Fsp3) is 0.750. The molecule has 1 aromatic heterocycles. The molecule has 0 radical (unpaired) electrons. The van der Waals surface area contributed by atoms with Crippen molar-refractivity contribution in [2.75, 3.05) is 11.9 Å². The molecule has 0 spiro atoms. The average molecular weight is 255 g/mol. The molecule has 0 bridgehead atoms. The molecule has 4 nitrogen and oxygen atoms in total. The first-order valence-electron chi connectivity index (χ1n) is 4.76. The number of aliphatic hydroxyl groups excluding tert-OH is 1. The predicted octanol–water partition coefficient (Wildman–Crippen LogP) is 2.13. The van der Waals surface area contributed by atoms with E-state index in [0.717, 1.165) is 6.42 Å². The monoisotopic (exact) mass is 255 g/mol. The molecule has 2 N–H and O–H groups in total. The molecule has 0 aliphatic heterocycles. The van der Waals surface area contributed by atoms with E-state index in [1.54, 1.807) is 0 Å². The summed E-state index contributed by atoms with van der Waals surface area (Å²) < 4.78 is 36.5. The fourth-order valence-electron chi connectivity index (χ4n) is 1.05. The van der Waals surface area contributed by atoms with Crippen LogP contribution in [0.4, 0.5) is 18.3 Å². The largest absolute Gasteiger partial charge is 0.445 e. The first-order valence-corrected chi connectivity index (χ1v) is 5.57. The summed E-state index contributed by atoms with van der Waals surface area (Å²) in [4.78, 5) is 0. The Kier molecular flexibility index (Phi) is 4.48. The Hall–Kier alpha value is -0.890. The summed E-state index contributed by atoms with van der Waals surface area (Å²) in [5.41, 5.74) is 0. The maximum absolute atomic E-state index is 12.2. The smallest absolute Gasteiger partial charge is 0.391 e. The summed E-state index contributed by atoms with van der Waals surface area (Å²) in [5.74, 6) is 0. The van der Waals surface area contributed by atoms with Gasteiger partial charge in [-0.3, -0.25) is 0 Å². The number of hydrogen-bond donors (Lipinski definition) is 2. The summed E-state index contributed by atoms with van der Waals surface area (Å²) in [6.07, 6.45) is -3.63. The number of alkyl halides is 3. The highest BCUT2D eigenvalue weighted by Crippen LogP contribution is 2.32. The van der Waals surface area contributed by atoms with Gasteiger partial charge in [-0.15, -0.1) is 10.2 Å². The van der Waals surface area contributed by atoms with Gasteiger partial charge < -0.3 is 10.4 Å². The van der Waals surface area contributed by atoms with Crippen LogP contribution in [-0.4, -0.2) is 28.0 Å². The zero-order valence-electron chi connectivity index (χ0n) is 8.58. The number of nitrogens with zero attached hydrogens (tertiary/aromatic N) is 2. The van der Waals surface area contributed by atoms with Crippen molar-refractivity contribution in [3.05, 3.63) is 5.01 Å². The molecule has 1 unspecified atom stereocenters. The van der Waals surface area contributed by atoms with Gasteiger partial charge >= 0.3 is 6.18 Å². The second-order valence-corrected chi connectivity index (χ2v) is 4.21. The first-order chi connectivity index (χ1) is 7.43. The highest BCUT2D eigenvalue weighted by atomic mass is 32.1. The molecule has 1 heterocycles. The van der Waals surface area contributed by atoms with Gasteiger partial charge in [0.15, 0.2) is 0 Å². The SMILES string of the molecule is CCCC(O)CNc1nnc(C(F)(F)F)s1. The van der Waals surface area contributed by atoms with Gasteiger partial charge in [0, 0.05) is 6.54 Å². The second-order valence-electron chi connectivity index (χ2n) is 3.23. The van der Waals surface area contributed by atoms with E-state index in [1.807, 2.05) is 6.92 Å². The van der Waals surface area contributed by atoms with E-state index in [2.05, 4.69) is 15.5 Å². The minimum atomic E-state index is -4.46. The Balaban J connectivity index is 2.47. The third-order valence-electron chi connectivity index (χ3n) is 1.78. The predicted molar refractivity (Wildman–Crippen MR) is 54.3 cm³/mol. The van der Waals surface area contributed by atoms with Crippen LogP contribution in [0.1, 0.15) is 24.8 Å². The molecule has 0 fully saturated rings. The van der Waals surface area contributed by atoms with Crippen molar-refractivity contribution >= 4 is 16.5 Å². The van der Waals surface area contributed by atoms with Gasteiger partial charge in [-0.25, -0.2) is 0 Å². The standard InChI is InChI=1S/C8H12F3N3OS/c1-2-3-5(15)4-12-7-14-13-6(16-7)8(9,10)11/h5,15H,2-4H2,1H3,(H,12,14). The van der Waals surface area contributed by atoms with E-state index in [9.17, 15) is 18.3 Å². The highest BCUT2D eigenvalue weighted by molar-refractivity contribution is 7.15. The Labute approximate surface area is 94.5 Å². The van der Waals surface area contributed by atoms with Crippen LogP contribution in [0.5, 0.6) is 0 Å². The van der Waals surface area contributed by atoms with E-state index in [-0.39, 0.29) is 11.7 Å². The van der Waals surface area contributed by atoms with Crippen molar-refractivity contribution < 1.29 is 18.3 Å². The average Bonchev–Trinajstić information content (AvgIpc) is 2.63. The third kappa shape index (κ3) is 3.93. The van der Waals surface area contributed by atoms with Gasteiger partial charge in [0.25, 0.3) is 0 Å². The molecule has 0 saturated heterocycles. The van der Waals surface area contributed by atoms with Crippen LogP contribution < -0.4 is 5.32 Å². The number of aromatic nitrogens is 2. The summed E-state index contributed by atoms with van der Waals surface area (Å²) in [6, 6.07) is 0. The van der Waals surface area contributed by atoms with Crippen molar-refractivity contribution in [2.45, 2.75) is 32.0 Å². The maximum atomic E-state index is 12.2. The summed E-state index contributed by atoms with van der Waals surface area (Å²) >= 11 is 0.430. The molecule has 92 valence electrons. The van der Waals surface area contributed by atoms with Crippen LogP contribution in [0.25, 0.3) is 0 Å². The molecule has 0 aliphatic rings. The van der Waals surface area contributed by atoms with Crippen molar-refractivity contribution in [3.63, 3.8) is 0 Å². The number of hydrogen-bond acceptors (Lipinski definition) is 5. The molecule has 0 aromatic carbocycles. The van der Waals surface area contributed by atoms with Gasteiger partial charge in [-0.05, 0) is 6.42 Å². The Morgan fingerprint density at radius 3 is 2.62 bits per heavy atom. The van der Waals surface area contributed by atoms with E-state index in [4.69, 9.17) is 0 Å². The van der Waals surface area contributed by atoms with E-state index < -0.39 is 17.3 Å². The number of anilines is 1. The van der Waals surface area contributed by atoms with Crippen LogP contribution in [0.3, 0.4) is 0 Å². The fourth-order valence-corrected chi connectivity index (χ4v) is 1.67. The molecule has 0 amide bonds. The summed E-state index contributed by atoms with van der Waals surface area (Å²) in [6.45, 7) is 2.09. The molecule has 1 rings (SSSR count). The lowest BCUT2D eigenvalue weighted by Gasteiger charge is -2.08. The molecule has 1 aromatic rings. The lowest BCUT2D eigenvalue weighted by molar-refractivity contribution is -0.138. The lowest BCUT2D eigenvalue weighted by atomic mass is 10.2. The molecular weight excluding hydrogens is 243 g/mol. The highest BCUT2D eigenvalue weighted by Gasteiger charge is 2.35. The van der Waals surface area contributed by atoms with E-state index >= 15 is 0 Å². The number of nitrogens with one attached hydrogen (secondary N) is 1. The first kappa shape index (κ1) is 13.2. The lowest BCUT2D eigenvalue weighted by Crippen LogP contribution is -2.18. The van der Waals surface area contributed by atoms with Gasteiger partial charge in [-0.2, -0.15) is 13.2 Å². The quantitative estimate of drug-likeness (QED) is 0.846. The topological polar surface area (TPSA) is 58.0 Å². The summed E-state index contributed by atoms with van der Waals surface area (Å²) in [5, 5.41) is 17.4. The van der Waals surface area contributed by atoms with Crippen LogP contribution >= 0.6 is 11.3 Å². The minimum absolute atomic E-state index is 0.0717. The molecule has 8 heteroatoms. The van der Waals surface area contributed by atoms with Crippen molar-refractivity contribution in [3.8, 4) is 0 Å². The number of aliphatic hydroxyl groups is 1. The van der Waals surface area contributed by atoms with Crippen molar-refractivity contribution in [1.29, 1.82) is 0 Å². The minimum Gasteiger partial charge on any atom is -0.391 e. The molecule has 0 saturated carbocycles. The molecular formula is C8H12F3N3OS. The van der Waals surface area contributed by atoms with E-state index in [0.29, 0.717) is 17.8 Å². The van der Waals surface area contributed by atoms with Crippen LogP contribution in [0.15, 0.2) is 0 Å². The normalized spacial score (nSPS) is 13.8. The van der Waals surface area contributed by atoms with Gasteiger partial charge in [0.2, 0.25) is 10.1 Å². The van der Waals surface area contributed by atoms with Crippen LogP contribution in [0.2, 0.25) is 0 Å². The molecule has 1 atom stereocenters. The van der Waals surface area contributed by atoms with Crippen LogP contribution in [-0.2, 0) is 6.18 Å². The van der Waals surface area contributed by atoms with Gasteiger partial charge in [-0.1, -0.05) is 24.7 Å². The zero-order chi connectivity index (χ0) is 12.2. The van der Waals surface area contributed by atoms with Crippen molar-refractivity contribution in [1.82, 2.24) is 10.2 Å². The Morgan fingerprint density at radius 2 is 2.12 bits per heavy atom. The van der Waals surface area contributed by atoms with Gasteiger partial charge in [0.05, 0.1) is 6.10 Å². The second kappa shape index (κ2) is 5.44. The van der Waals surface area contributed by atoms with Gasteiger partial charge in [0.1, 0.15) is 0 Å². The summed E-state index contributed by atoms with van der Waals surface area (Å²) in [7, 11) is 0. The zero-order valence-corrected chi connectivity index (χ0v) is 9.40. The molecule has 16 heavy (non-hydrogen) atoms. The van der Waals surface area contributed by atoms with E-state index in [1.165, 1.54) is 0 Å². The van der Waals surface area contributed by atoms with Crippen molar-refractivity contribution in [2.24, 2.45) is 0 Å². The number of halogens is 3.